The maximum atomic E-state index is 2.22. The molecule has 0 fully saturated rings. The molecule has 1 unspecified atom stereocenters. The topological polar surface area (TPSA) is 0 Å². The first-order valence-electron chi connectivity index (χ1n) is 2.60. The summed E-state index contributed by atoms with van der Waals surface area (Å²) in [4.78, 5) is 0. The predicted molar refractivity (Wildman–Crippen MR) is 29.4 cm³/mol. The molecule has 0 saturated carbocycles. The zero-order chi connectivity index (χ0) is 4.99. The number of rotatable bonds is 2. The molecule has 0 aliphatic heterocycles. The van der Waals surface area contributed by atoms with Crippen molar-refractivity contribution in [2.75, 3.05) is 0 Å². The molecule has 0 heterocycles. The average Bonchev–Trinajstić information content (AvgIpc) is 1.65. The second kappa shape index (κ2) is 3.08. The molecule has 0 aliphatic carbocycles. The summed E-state index contributed by atoms with van der Waals surface area (Å²) in [6.45, 7) is 6.53. The normalized spacial score (nSPS) is 13.8. The van der Waals surface area contributed by atoms with Gasteiger partial charge in [-0.3, -0.25) is 0 Å². The Balaban J connectivity index is 2.75. The Morgan fingerprint density at radius 2 is 2.17 bits per heavy atom. The van der Waals surface area contributed by atoms with Crippen molar-refractivity contribution >= 4 is 0 Å². The Bertz CT molecular complexity index is 19.2. The third kappa shape index (κ3) is 2.13. The van der Waals surface area contributed by atoms with Gasteiger partial charge in [0, 0.05) is 0 Å². The van der Waals surface area contributed by atoms with Crippen molar-refractivity contribution in [3.8, 4) is 0 Å². The van der Waals surface area contributed by atoms with Gasteiger partial charge in [0.1, 0.15) is 0 Å². The molecule has 0 nitrogen and oxygen atoms in total. The molecule has 1 atom stereocenters. The van der Waals surface area contributed by atoms with E-state index in [4.69, 9.17) is 0 Å². The van der Waals surface area contributed by atoms with Crippen LogP contribution in [-0.2, 0) is 0 Å². The van der Waals surface area contributed by atoms with Crippen molar-refractivity contribution in [2.24, 2.45) is 5.92 Å². The van der Waals surface area contributed by atoms with Crippen LogP contribution in [0.25, 0.3) is 0 Å². The van der Waals surface area contributed by atoms with Crippen LogP contribution in [0.1, 0.15) is 27.2 Å². The highest BCUT2D eigenvalue weighted by molar-refractivity contribution is 4.62. The van der Waals surface area contributed by atoms with Crippen molar-refractivity contribution in [2.45, 2.75) is 27.2 Å². The van der Waals surface area contributed by atoms with Gasteiger partial charge < -0.3 is 0 Å². The Labute approximate surface area is 40.6 Å². The van der Waals surface area contributed by atoms with Gasteiger partial charge in [0.05, 0.1) is 19.3 Å². The molecule has 0 amide bonds. The minimum atomic E-state index is 0.810. The summed E-state index contributed by atoms with van der Waals surface area (Å²) >= 11 is 0. The molecule has 6 heavy (non-hydrogen) atoms. The molecule has 0 saturated heterocycles. The largest absolute Gasteiger partial charge is 0.0944 e. The van der Waals surface area contributed by atoms with Gasteiger partial charge in [0.2, 0.25) is 0 Å². The lowest BCUT2D eigenvalue weighted by Crippen LogP contribution is -1.86. The molecule has 0 spiro atoms. The van der Waals surface area contributed by atoms with E-state index >= 15 is 0 Å². The van der Waals surface area contributed by atoms with Crippen LogP contribution in [0.5, 0.6) is 0 Å². The summed E-state index contributed by atoms with van der Waals surface area (Å²) < 4.78 is 0. The molecule has 36 valence electrons. The van der Waals surface area contributed by atoms with Crippen LogP contribution in [0, 0.1) is 12.3 Å². The van der Waals surface area contributed by atoms with Gasteiger partial charge in [-0.05, 0) is 13.3 Å². The second-order valence-corrected chi connectivity index (χ2v) is 1.72. The van der Waals surface area contributed by atoms with E-state index in [0.717, 1.165) is 5.92 Å². The second-order valence-electron chi connectivity index (χ2n) is 1.72. The fourth-order valence-electron chi connectivity index (χ4n) is 0.236. The maximum absolute atomic E-state index is 2.22. The molecule has 0 rings (SSSR count). The molecule has 0 aromatic rings. The van der Waals surface area contributed by atoms with Gasteiger partial charge in [-0.15, -0.1) is 0 Å². The maximum Gasteiger partial charge on any atom is 0.0944 e. The average molecular weight is 85.2 g/mol. The highest BCUT2D eigenvalue weighted by Crippen LogP contribution is 2.01. The lowest BCUT2D eigenvalue weighted by molar-refractivity contribution is 0.649. The van der Waals surface area contributed by atoms with Gasteiger partial charge in [-0.25, -0.2) is 0 Å². The molecular weight excluding hydrogens is 72.1 g/mol. The molecule has 0 aromatic heterocycles. The lowest BCUT2D eigenvalue weighted by Gasteiger charge is -1.88. The first-order valence-corrected chi connectivity index (χ1v) is 2.60. The minimum Gasteiger partial charge on any atom is -0.0610 e. The summed E-state index contributed by atoms with van der Waals surface area (Å²) in [6, 6.07) is 0. The van der Waals surface area contributed by atoms with Crippen LogP contribution >= 0.6 is 0 Å². The van der Waals surface area contributed by atoms with Crippen LogP contribution in [0.4, 0.5) is 0 Å². The van der Waals surface area contributed by atoms with Crippen molar-refractivity contribution in [1.29, 1.82) is 0 Å². The molecule has 0 bridgehead atoms. The highest BCUT2D eigenvalue weighted by atomic mass is 13.9. The molecule has 0 aromatic carbocycles. The molecule has 0 radical (unpaired) electrons. The third-order valence-electron chi connectivity index (χ3n) is 1.21. The van der Waals surface area contributed by atoms with E-state index < -0.39 is 0 Å². The minimum absolute atomic E-state index is 0.810. The number of hydrogen-bond acceptors (Lipinski definition) is 0. The van der Waals surface area contributed by atoms with E-state index in [9.17, 15) is 0 Å². The van der Waals surface area contributed by atoms with Crippen molar-refractivity contribution in [1.82, 2.24) is 0 Å². The Kier molecular flexibility index (Phi) is 3.01. The fourth-order valence-corrected chi connectivity index (χ4v) is 0.236. The monoisotopic (exact) mass is 85.1 g/mol. The van der Waals surface area contributed by atoms with Crippen LogP contribution in [0.3, 0.4) is 0 Å². The van der Waals surface area contributed by atoms with Crippen molar-refractivity contribution < 1.29 is 0 Å². The molecule has 0 aliphatic rings. The van der Waals surface area contributed by atoms with Gasteiger partial charge in [-0.2, -0.15) is 0 Å². The predicted octanol–water partition coefficient (Wildman–Crippen LogP) is 2.26. The Hall–Kier alpha value is -0.130. The van der Waals surface area contributed by atoms with E-state index in [-0.39, 0.29) is 0 Å². The quantitative estimate of drug-likeness (QED) is 0.451. The summed E-state index contributed by atoms with van der Waals surface area (Å²) in [5, 5.41) is 0. The third-order valence-corrected chi connectivity index (χ3v) is 1.21. The standard InChI is InChI=1S/C6H13/c1-4-6(3)5-2/h4,6H,5H2,1-3H3/q+1. The van der Waals surface area contributed by atoms with Gasteiger partial charge in [-0.1, -0.05) is 6.92 Å². The molecule has 0 heteroatoms. The SMILES string of the molecule is C[CH+]C(C)CC. The zero-order valence-corrected chi connectivity index (χ0v) is 4.86. The summed E-state index contributed by atoms with van der Waals surface area (Å²) in [6.07, 6.45) is 3.50. The molecule has 0 N–H and O–H groups in total. The highest BCUT2D eigenvalue weighted by Gasteiger charge is 1.98. The Morgan fingerprint density at radius 1 is 1.67 bits per heavy atom. The first-order chi connectivity index (χ1) is 2.81. The number of hydrogen-bond donors (Lipinski definition) is 0. The van der Waals surface area contributed by atoms with E-state index in [0.29, 0.717) is 0 Å². The van der Waals surface area contributed by atoms with Crippen LogP contribution in [0.2, 0.25) is 0 Å². The summed E-state index contributed by atoms with van der Waals surface area (Å²) in [5.74, 6) is 0.810. The van der Waals surface area contributed by atoms with Gasteiger partial charge in [0.25, 0.3) is 0 Å². The van der Waals surface area contributed by atoms with Crippen molar-refractivity contribution in [3.05, 3.63) is 6.42 Å². The van der Waals surface area contributed by atoms with E-state index in [1.807, 2.05) is 0 Å². The lowest BCUT2D eigenvalue weighted by atomic mass is 10.1. The van der Waals surface area contributed by atoms with Crippen LogP contribution < -0.4 is 0 Å². The zero-order valence-electron chi connectivity index (χ0n) is 4.86. The van der Waals surface area contributed by atoms with Crippen molar-refractivity contribution in [3.63, 3.8) is 0 Å². The van der Waals surface area contributed by atoms with E-state index in [2.05, 4.69) is 27.2 Å². The van der Waals surface area contributed by atoms with Gasteiger partial charge >= 0.3 is 0 Å². The smallest absolute Gasteiger partial charge is 0.0610 e. The van der Waals surface area contributed by atoms with Gasteiger partial charge in [0.15, 0.2) is 0 Å². The summed E-state index contributed by atoms with van der Waals surface area (Å²) in [5.41, 5.74) is 0. The first kappa shape index (κ1) is 5.87. The van der Waals surface area contributed by atoms with Crippen LogP contribution in [-0.4, -0.2) is 0 Å². The Morgan fingerprint density at radius 3 is 2.17 bits per heavy atom. The van der Waals surface area contributed by atoms with E-state index in [1.54, 1.807) is 0 Å². The molecular formula is C6H13+. The van der Waals surface area contributed by atoms with Crippen LogP contribution in [0.15, 0.2) is 0 Å². The fraction of sp³-hybridized carbons (Fsp3) is 0.833. The van der Waals surface area contributed by atoms with E-state index in [1.165, 1.54) is 6.42 Å². The summed E-state index contributed by atoms with van der Waals surface area (Å²) in [7, 11) is 0.